The number of carbonyl (C=O) groups excluding carboxylic acids is 2. The van der Waals surface area contributed by atoms with Gasteiger partial charge in [-0.2, -0.15) is 0 Å². The molecule has 4 rings (SSSR count). The van der Waals surface area contributed by atoms with Crippen LogP contribution in [0.15, 0.2) is 36.4 Å². The normalized spacial score (nSPS) is 14.2. The summed E-state index contributed by atoms with van der Waals surface area (Å²) in [5.74, 6) is 1.08. The van der Waals surface area contributed by atoms with E-state index in [4.69, 9.17) is 35.3 Å². The number of hydrogen-bond acceptors (Lipinski definition) is 7. The first-order valence-corrected chi connectivity index (χ1v) is 8.85. The molecule has 2 aromatic rings. The summed E-state index contributed by atoms with van der Waals surface area (Å²) in [5, 5.41) is 0.386. The molecule has 0 aliphatic carbocycles. The van der Waals surface area contributed by atoms with Crippen LogP contribution < -0.4 is 18.9 Å². The lowest BCUT2D eigenvalue weighted by Crippen LogP contribution is -2.17. The van der Waals surface area contributed by atoms with Crippen LogP contribution in [0.4, 0.5) is 0 Å². The Morgan fingerprint density at radius 1 is 1.00 bits per heavy atom. The predicted molar refractivity (Wildman–Crippen MR) is 99.3 cm³/mol. The number of carbonyl (C=O) groups is 2. The molecule has 0 saturated carbocycles. The second kappa shape index (κ2) is 7.82. The van der Waals surface area contributed by atoms with E-state index in [-0.39, 0.29) is 19.2 Å². The highest BCUT2D eigenvalue weighted by atomic mass is 35.5. The van der Waals surface area contributed by atoms with Crippen LogP contribution in [0.2, 0.25) is 5.02 Å². The number of halogens is 1. The fourth-order valence-corrected chi connectivity index (χ4v) is 3.01. The number of rotatable bonds is 5. The zero-order valence-corrected chi connectivity index (χ0v) is 15.4. The smallest absolute Gasteiger partial charge is 0.331 e. The molecule has 0 aromatic heterocycles. The average Bonchev–Trinajstić information content (AvgIpc) is 3.19. The Bertz CT molecular complexity index is 967. The number of Topliss-reactive ketones (excluding diaryl/α,β-unsaturated/α-hetero) is 1. The van der Waals surface area contributed by atoms with E-state index in [0.717, 1.165) is 0 Å². The van der Waals surface area contributed by atoms with Crippen LogP contribution in [0.3, 0.4) is 0 Å². The lowest BCUT2D eigenvalue weighted by Gasteiger charge is -2.18. The lowest BCUT2D eigenvalue weighted by atomic mass is 10.1. The summed E-state index contributed by atoms with van der Waals surface area (Å²) in [6.45, 7) is 0.615. The van der Waals surface area contributed by atoms with Gasteiger partial charge in [0.1, 0.15) is 13.2 Å². The van der Waals surface area contributed by atoms with Gasteiger partial charge in [-0.15, -0.1) is 0 Å². The van der Waals surface area contributed by atoms with Crippen molar-refractivity contribution in [3.8, 4) is 23.0 Å². The van der Waals surface area contributed by atoms with Crippen molar-refractivity contribution < 1.29 is 33.3 Å². The molecule has 0 bridgehead atoms. The van der Waals surface area contributed by atoms with E-state index in [1.165, 1.54) is 12.2 Å². The summed E-state index contributed by atoms with van der Waals surface area (Å²) >= 11 is 6.09. The van der Waals surface area contributed by atoms with E-state index in [1.54, 1.807) is 30.3 Å². The minimum absolute atomic E-state index is 0.103. The van der Waals surface area contributed by atoms with Crippen LogP contribution in [0.25, 0.3) is 6.08 Å². The zero-order chi connectivity index (χ0) is 19.5. The highest BCUT2D eigenvalue weighted by Gasteiger charge is 2.18. The third kappa shape index (κ3) is 3.89. The summed E-state index contributed by atoms with van der Waals surface area (Å²) < 4.78 is 26.4. The molecular formula is C20H15ClO7. The van der Waals surface area contributed by atoms with Crippen molar-refractivity contribution in [3.63, 3.8) is 0 Å². The van der Waals surface area contributed by atoms with Crippen molar-refractivity contribution in [2.45, 2.75) is 0 Å². The molecule has 2 aliphatic rings. The third-order valence-electron chi connectivity index (χ3n) is 4.07. The van der Waals surface area contributed by atoms with Gasteiger partial charge in [-0.25, -0.2) is 4.79 Å². The first kappa shape index (κ1) is 18.2. The van der Waals surface area contributed by atoms with Crippen molar-refractivity contribution in [1.29, 1.82) is 0 Å². The topological polar surface area (TPSA) is 80.3 Å². The molecule has 0 amide bonds. The van der Waals surface area contributed by atoms with E-state index in [1.807, 2.05) is 0 Å². The molecule has 144 valence electrons. The molecule has 2 aliphatic heterocycles. The molecule has 2 aromatic carbocycles. The lowest BCUT2D eigenvalue weighted by molar-refractivity contribution is -0.136. The van der Waals surface area contributed by atoms with E-state index in [2.05, 4.69) is 0 Å². The van der Waals surface area contributed by atoms with Gasteiger partial charge < -0.3 is 23.7 Å². The standard InChI is InChI=1S/C20H15ClO7/c21-14-7-12(8-18-20(14)28-11-27-18)1-4-19(23)26-10-15(22)13-2-3-16-17(9-13)25-6-5-24-16/h1-4,7-9H,5-6,10-11H2/b4-1+. The second-order valence-corrected chi connectivity index (χ2v) is 6.37. The molecule has 8 heteroatoms. The maximum atomic E-state index is 12.2. The molecule has 0 saturated heterocycles. The maximum absolute atomic E-state index is 12.2. The quantitative estimate of drug-likeness (QED) is 0.431. The van der Waals surface area contributed by atoms with Crippen LogP contribution in [0.1, 0.15) is 15.9 Å². The average molecular weight is 403 g/mol. The number of fused-ring (bicyclic) bond motifs is 2. The summed E-state index contributed by atoms with van der Waals surface area (Å²) in [5.41, 5.74) is 1.02. The van der Waals surface area contributed by atoms with Gasteiger partial charge in [-0.05, 0) is 42.0 Å². The largest absolute Gasteiger partial charge is 0.486 e. The Kier molecular flexibility index (Phi) is 5.08. The van der Waals surface area contributed by atoms with Crippen LogP contribution in [0, 0.1) is 0 Å². The van der Waals surface area contributed by atoms with E-state index < -0.39 is 5.97 Å². The molecular weight excluding hydrogens is 388 g/mol. The number of ketones is 1. The number of hydrogen-bond donors (Lipinski definition) is 0. The Hall–Kier alpha value is -3.19. The van der Waals surface area contributed by atoms with Crippen LogP contribution in [-0.4, -0.2) is 38.4 Å². The number of ether oxygens (including phenoxy) is 5. The molecule has 0 fully saturated rings. The van der Waals surface area contributed by atoms with Crippen molar-refractivity contribution in [3.05, 3.63) is 52.6 Å². The van der Waals surface area contributed by atoms with E-state index in [0.29, 0.717) is 52.4 Å². The zero-order valence-electron chi connectivity index (χ0n) is 14.6. The molecule has 0 spiro atoms. The summed E-state index contributed by atoms with van der Waals surface area (Å²) in [7, 11) is 0. The summed E-state index contributed by atoms with van der Waals surface area (Å²) in [4.78, 5) is 24.1. The molecule has 0 radical (unpaired) electrons. The molecule has 0 N–H and O–H groups in total. The predicted octanol–water partition coefficient (Wildman–Crippen LogP) is 3.28. The molecule has 0 atom stereocenters. The molecule has 2 heterocycles. The van der Waals surface area contributed by atoms with Crippen molar-refractivity contribution in [2.75, 3.05) is 26.6 Å². The third-order valence-corrected chi connectivity index (χ3v) is 4.35. The first-order valence-electron chi connectivity index (χ1n) is 8.47. The van der Waals surface area contributed by atoms with Gasteiger partial charge in [0.15, 0.2) is 35.4 Å². The van der Waals surface area contributed by atoms with Crippen LogP contribution >= 0.6 is 11.6 Å². The fraction of sp³-hybridized carbons (Fsp3) is 0.200. The first-order chi connectivity index (χ1) is 13.6. The molecule has 0 unspecified atom stereocenters. The number of esters is 1. The minimum atomic E-state index is -0.653. The van der Waals surface area contributed by atoms with Gasteiger partial charge in [0, 0.05) is 11.6 Å². The molecule has 7 nitrogen and oxygen atoms in total. The van der Waals surface area contributed by atoms with Gasteiger partial charge in [0.25, 0.3) is 0 Å². The monoisotopic (exact) mass is 402 g/mol. The Balaban J connectivity index is 1.35. The van der Waals surface area contributed by atoms with Gasteiger partial charge in [0.05, 0.1) is 5.02 Å². The Labute approximate surface area is 165 Å². The van der Waals surface area contributed by atoms with Crippen molar-refractivity contribution >= 4 is 29.4 Å². The highest BCUT2D eigenvalue weighted by Crippen LogP contribution is 2.40. The van der Waals surface area contributed by atoms with E-state index >= 15 is 0 Å². The SMILES string of the molecule is O=C(/C=C/c1cc(Cl)c2c(c1)OCO2)OCC(=O)c1ccc2c(c1)OCCO2. The number of benzene rings is 2. The van der Waals surface area contributed by atoms with Crippen LogP contribution in [0.5, 0.6) is 23.0 Å². The van der Waals surface area contributed by atoms with Gasteiger partial charge in [0.2, 0.25) is 6.79 Å². The summed E-state index contributed by atoms with van der Waals surface area (Å²) in [6, 6.07) is 8.17. The van der Waals surface area contributed by atoms with Gasteiger partial charge in [-0.1, -0.05) is 11.6 Å². The summed E-state index contributed by atoms with van der Waals surface area (Å²) in [6.07, 6.45) is 2.73. The molecule has 28 heavy (non-hydrogen) atoms. The second-order valence-electron chi connectivity index (χ2n) is 5.96. The Morgan fingerprint density at radius 2 is 1.82 bits per heavy atom. The minimum Gasteiger partial charge on any atom is -0.486 e. The van der Waals surface area contributed by atoms with E-state index in [9.17, 15) is 9.59 Å². The van der Waals surface area contributed by atoms with Crippen LogP contribution in [-0.2, 0) is 9.53 Å². The van der Waals surface area contributed by atoms with Crippen molar-refractivity contribution in [2.24, 2.45) is 0 Å². The van der Waals surface area contributed by atoms with Crippen molar-refractivity contribution in [1.82, 2.24) is 0 Å². The maximum Gasteiger partial charge on any atom is 0.331 e. The van der Waals surface area contributed by atoms with Gasteiger partial charge >= 0.3 is 5.97 Å². The fourth-order valence-electron chi connectivity index (χ4n) is 2.73. The van der Waals surface area contributed by atoms with Gasteiger partial charge in [-0.3, -0.25) is 4.79 Å². The highest BCUT2D eigenvalue weighted by molar-refractivity contribution is 6.32. The Morgan fingerprint density at radius 3 is 2.68 bits per heavy atom.